The lowest BCUT2D eigenvalue weighted by atomic mass is 10.1. The summed E-state index contributed by atoms with van der Waals surface area (Å²) >= 11 is 0. The second-order valence-electron chi connectivity index (χ2n) is 7.87. The summed E-state index contributed by atoms with van der Waals surface area (Å²) in [6.07, 6.45) is 3.27. The van der Waals surface area contributed by atoms with Crippen molar-refractivity contribution in [3.05, 3.63) is 81.4 Å². The highest BCUT2D eigenvalue weighted by atomic mass is 16.2. The van der Waals surface area contributed by atoms with Crippen LogP contribution in [0.15, 0.2) is 64.6 Å². The highest BCUT2D eigenvalue weighted by molar-refractivity contribution is 5.94. The number of hydrogen-bond donors (Lipinski definition) is 1. The molecule has 1 aromatic carbocycles. The Kier molecular flexibility index (Phi) is 4.70. The van der Waals surface area contributed by atoms with Gasteiger partial charge < -0.3 is 9.88 Å². The maximum Gasteiger partial charge on any atom is 0.332 e. The van der Waals surface area contributed by atoms with Gasteiger partial charge in [-0.1, -0.05) is 36.4 Å². The minimum Gasteiger partial charge on any atom is -0.328 e. The molecule has 10 heteroatoms. The highest BCUT2D eigenvalue weighted by Crippen LogP contribution is 2.29. The molecule has 0 bridgehead atoms. The molecule has 0 radical (unpaired) electrons. The molecule has 1 N–H and O–H groups in total. The number of carbonyl (C=O) groups excluding carboxylic acids is 1. The number of hydrogen-bond acceptors (Lipinski definition) is 5. The van der Waals surface area contributed by atoms with E-state index in [1.165, 1.54) is 22.5 Å². The zero-order chi connectivity index (χ0) is 23.3. The van der Waals surface area contributed by atoms with Gasteiger partial charge in [-0.2, -0.15) is 0 Å². The van der Waals surface area contributed by atoms with Gasteiger partial charge in [-0.15, -0.1) is 0 Å². The second kappa shape index (κ2) is 7.59. The summed E-state index contributed by atoms with van der Waals surface area (Å²) in [5.74, 6) is -0.0485. The van der Waals surface area contributed by atoms with Gasteiger partial charge in [0.1, 0.15) is 23.7 Å². The Morgan fingerprint density at radius 2 is 1.79 bits per heavy atom. The van der Waals surface area contributed by atoms with Crippen LogP contribution in [0.4, 0.5) is 5.82 Å². The largest absolute Gasteiger partial charge is 0.332 e. The number of aromatic nitrogens is 6. The molecule has 0 spiro atoms. The normalized spacial score (nSPS) is 11.4. The Bertz CT molecular complexity index is 1660. The van der Waals surface area contributed by atoms with Gasteiger partial charge in [0.25, 0.3) is 5.56 Å². The first-order valence-corrected chi connectivity index (χ1v) is 10.3. The van der Waals surface area contributed by atoms with E-state index in [9.17, 15) is 14.4 Å². The number of nitrogens with zero attached hydrogens (tertiary/aromatic N) is 6. The lowest BCUT2D eigenvalue weighted by molar-refractivity contribution is -0.116. The molecular weight excluding hydrogens is 422 g/mol. The average Bonchev–Trinajstić information content (AvgIpc) is 3.38. The number of fused-ring (bicyclic) bond motifs is 2. The molecule has 4 aromatic heterocycles. The van der Waals surface area contributed by atoms with Gasteiger partial charge in [0.05, 0.1) is 6.33 Å². The van der Waals surface area contributed by atoms with Crippen LogP contribution < -0.4 is 16.6 Å². The maximum atomic E-state index is 13.1. The van der Waals surface area contributed by atoms with E-state index < -0.39 is 23.7 Å². The summed E-state index contributed by atoms with van der Waals surface area (Å²) in [6.45, 7) is 1.50. The quantitative estimate of drug-likeness (QED) is 0.455. The van der Waals surface area contributed by atoms with Crippen molar-refractivity contribution in [2.24, 2.45) is 14.1 Å². The van der Waals surface area contributed by atoms with Gasteiger partial charge in [-0.3, -0.25) is 18.6 Å². The number of carbonyl (C=O) groups is 1. The Hall–Kier alpha value is -4.47. The number of imidazole rings is 2. The van der Waals surface area contributed by atoms with Crippen molar-refractivity contribution in [1.29, 1.82) is 0 Å². The van der Waals surface area contributed by atoms with Gasteiger partial charge in [-0.25, -0.2) is 19.3 Å². The third kappa shape index (κ3) is 3.23. The smallest absolute Gasteiger partial charge is 0.328 e. The minimum atomic E-state index is -0.612. The topological polar surface area (TPSA) is 108 Å². The van der Waals surface area contributed by atoms with Gasteiger partial charge in [0, 0.05) is 25.9 Å². The molecule has 0 aliphatic rings. The van der Waals surface area contributed by atoms with Crippen molar-refractivity contribution in [3.8, 4) is 11.3 Å². The van der Waals surface area contributed by atoms with Crippen LogP contribution in [0.3, 0.4) is 0 Å². The van der Waals surface area contributed by atoms with Crippen molar-refractivity contribution in [2.45, 2.75) is 13.5 Å². The highest BCUT2D eigenvalue weighted by Gasteiger charge is 2.20. The van der Waals surface area contributed by atoms with Crippen LogP contribution in [0.5, 0.6) is 0 Å². The van der Waals surface area contributed by atoms with Crippen LogP contribution in [0.2, 0.25) is 0 Å². The number of benzene rings is 1. The fourth-order valence-electron chi connectivity index (χ4n) is 3.97. The van der Waals surface area contributed by atoms with Crippen LogP contribution in [0, 0.1) is 6.92 Å². The lowest BCUT2D eigenvalue weighted by Gasteiger charge is -2.11. The van der Waals surface area contributed by atoms with Crippen LogP contribution in [-0.2, 0) is 25.4 Å². The van der Waals surface area contributed by atoms with Crippen molar-refractivity contribution >= 4 is 28.5 Å². The summed E-state index contributed by atoms with van der Waals surface area (Å²) < 4.78 is 5.50. The van der Waals surface area contributed by atoms with Gasteiger partial charge in [0.2, 0.25) is 5.91 Å². The Labute approximate surface area is 187 Å². The van der Waals surface area contributed by atoms with Crippen LogP contribution >= 0.6 is 0 Å². The zero-order valence-corrected chi connectivity index (χ0v) is 18.3. The molecule has 10 nitrogen and oxygen atoms in total. The average molecular weight is 443 g/mol. The number of nitrogens with one attached hydrogen (secondary N) is 1. The molecule has 1 amide bonds. The molecule has 0 atom stereocenters. The number of aryl methyl sites for hydroxylation is 3. The Morgan fingerprint density at radius 3 is 2.55 bits per heavy atom. The predicted octanol–water partition coefficient (Wildman–Crippen LogP) is 1.70. The summed E-state index contributed by atoms with van der Waals surface area (Å²) in [6, 6.07) is 13.3. The number of anilines is 1. The fourth-order valence-corrected chi connectivity index (χ4v) is 3.97. The van der Waals surface area contributed by atoms with Crippen molar-refractivity contribution < 1.29 is 4.79 Å². The summed E-state index contributed by atoms with van der Waals surface area (Å²) in [5.41, 5.74) is 2.42. The monoisotopic (exact) mass is 443 g/mol. The SMILES string of the molecule is Cc1cccn2c(NC(=O)Cn3c(=O)c4c(ncn4C)n(C)c3=O)c(-c3ccccc3)nc12. The summed E-state index contributed by atoms with van der Waals surface area (Å²) in [4.78, 5) is 47.7. The van der Waals surface area contributed by atoms with E-state index in [2.05, 4.69) is 10.3 Å². The summed E-state index contributed by atoms with van der Waals surface area (Å²) in [5, 5.41) is 2.87. The molecule has 0 fully saturated rings. The zero-order valence-electron chi connectivity index (χ0n) is 18.3. The number of amides is 1. The van der Waals surface area contributed by atoms with E-state index in [0.717, 1.165) is 15.7 Å². The van der Waals surface area contributed by atoms with E-state index in [1.807, 2.05) is 55.6 Å². The standard InChI is InChI=1S/C23H21N7O3/c1-14-8-7-11-29-19(14)26-17(15-9-5-4-6-10-15)20(29)25-16(31)12-30-22(32)18-21(24-13-27(18)2)28(3)23(30)33/h4-11,13H,12H2,1-3H3,(H,25,31). The molecule has 0 aliphatic heterocycles. The predicted molar refractivity (Wildman–Crippen MR) is 124 cm³/mol. The molecular formula is C23H21N7O3. The van der Waals surface area contributed by atoms with Crippen molar-refractivity contribution in [1.82, 2.24) is 28.1 Å². The Balaban J connectivity index is 1.59. The molecule has 166 valence electrons. The van der Waals surface area contributed by atoms with E-state index in [0.29, 0.717) is 17.2 Å². The molecule has 5 aromatic rings. The number of rotatable bonds is 4. The van der Waals surface area contributed by atoms with Gasteiger partial charge in [0.15, 0.2) is 11.2 Å². The third-order valence-corrected chi connectivity index (χ3v) is 5.65. The van der Waals surface area contributed by atoms with E-state index in [4.69, 9.17) is 4.98 Å². The Morgan fingerprint density at radius 1 is 1.03 bits per heavy atom. The number of pyridine rings is 1. The van der Waals surface area contributed by atoms with Crippen LogP contribution in [0.1, 0.15) is 5.56 Å². The fraction of sp³-hybridized carbons (Fsp3) is 0.174. The first-order chi connectivity index (χ1) is 15.9. The first kappa shape index (κ1) is 20.4. The third-order valence-electron chi connectivity index (χ3n) is 5.65. The lowest BCUT2D eigenvalue weighted by Crippen LogP contribution is -2.42. The maximum absolute atomic E-state index is 13.1. The van der Waals surface area contributed by atoms with Crippen LogP contribution in [0.25, 0.3) is 28.1 Å². The van der Waals surface area contributed by atoms with Gasteiger partial charge >= 0.3 is 5.69 Å². The second-order valence-corrected chi connectivity index (χ2v) is 7.87. The van der Waals surface area contributed by atoms with E-state index in [-0.39, 0.29) is 11.2 Å². The molecule has 5 rings (SSSR count). The molecule has 33 heavy (non-hydrogen) atoms. The van der Waals surface area contributed by atoms with E-state index >= 15 is 0 Å². The van der Waals surface area contributed by atoms with Crippen molar-refractivity contribution in [2.75, 3.05) is 5.32 Å². The molecule has 0 saturated heterocycles. The summed E-state index contributed by atoms with van der Waals surface area (Å²) in [7, 11) is 3.19. The molecule has 0 unspecified atom stereocenters. The van der Waals surface area contributed by atoms with Gasteiger partial charge in [-0.05, 0) is 18.6 Å². The first-order valence-electron chi connectivity index (χ1n) is 10.3. The molecule has 4 heterocycles. The van der Waals surface area contributed by atoms with Crippen LogP contribution in [-0.4, -0.2) is 34.0 Å². The van der Waals surface area contributed by atoms with Crippen molar-refractivity contribution in [3.63, 3.8) is 0 Å². The van der Waals surface area contributed by atoms with E-state index in [1.54, 1.807) is 11.4 Å². The molecule has 0 aliphatic carbocycles. The minimum absolute atomic E-state index is 0.250. The molecule has 0 saturated carbocycles.